The van der Waals surface area contributed by atoms with Crippen molar-refractivity contribution >= 4 is 22.8 Å². The molecule has 5 nitrogen and oxygen atoms in total. The summed E-state index contributed by atoms with van der Waals surface area (Å²) in [6.07, 6.45) is 1.88. The fourth-order valence-electron chi connectivity index (χ4n) is 2.21. The quantitative estimate of drug-likeness (QED) is 0.833. The lowest BCUT2D eigenvalue weighted by atomic mass is 10.2. The number of hydrogen-bond donors (Lipinski definition) is 1. The van der Waals surface area contributed by atoms with Crippen LogP contribution in [0.25, 0.3) is 10.9 Å². The molecule has 0 saturated heterocycles. The standard InChI is InChI=1S/C17H20N2O3/c1-3-6-12(2)18-16(20)11-22-17(21)15-10-9-13-7-4-5-8-14(13)19-15/h4-5,7-10,12H,3,6,11H2,1-2H3,(H,18,20)/t12-/m1/s1. The first kappa shape index (κ1) is 15.9. The summed E-state index contributed by atoms with van der Waals surface area (Å²) >= 11 is 0. The second-order valence-electron chi connectivity index (χ2n) is 5.22. The van der Waals surface area contributed by atoms with Crippen LogP contribution in [0, 0.1) is 0 Å². The minimum absolute atomic E-state index is 0.0787. The molecule has 1 heterocycles. The Morgan fingerprint density at radius 3 is 2.77 bits per heavy atom. The van der Waals surface area contributed by atoms with Gasteiger partial charge >= 0.3 is 5.97 Å². The molecule has 2 rings (SSSR count). The first-order valence-corrected chi connectivity index (χ1v) is 7.42. The Morgan fingerprint density at radius 2 is 2.00 bits per heavy atom. The predicted molar refractivity (Wildman–Crippen MR) is 84.5 cm³/mol. The predicted octanol–water partition coefficient (Wildman–Crippen LogP) is 2.70. The third-order valence-electron chi connectivity index (χ3n) is 3.27. The summed E-state index contributed by atoms with van der Waals surface area (Å²) < 4.78 is 5.00. The highest BCUT2D eigenvalue weighted by Crippen LogP contribution is 2.12. The van der Waals surface area contributed by atoms with E-state index in [1.807, 2.05) is 44.2 Å². The molecule has 0 radical (unpaired) electrons. The maximum atomic E-state index is 11.9. The molecule has 0 aliphatic carbocycles. The van der Waals surface area contributed by atoms with Crippen molar-refractivity contribution in [2.45, 2.75) is 32.7 Å². The number of amides is 1. The lowest BCUT2D eigenvalue weighted by Crippen LogP contribution is -2.35. The van der Waals surface area contributed by atoms with Crippen molar-refractivity contribution in [3.05, 3.63) is 42.1 Å². The van der Waals surface area contributed by atoms with Crippen LogP contribution in [0.5, 0.6) is 0 Å². The monoisotopic (exact) mass is 300 g/mol. The normalized spacial score (nSPS) is 11.9. The van der Waals surface area contributed by atoms with Gasteiger partial charge in [-0.05, 0) is 25.5 Å². The van der Waals surface area contributed by atoms with Crippen molar-refractivity contribution in [1.82, 2.24) is 10.3 Å². The molecule has 1 atom stereocenters. The van der Waals surface area contributed by atoms with Crippen LogP contribution in [0.15, 0.2) is 36.4 Å². The molecule has 1 amide bonds. The Labute approximate surface area is 129 Å². The molecule has 0 saturated carbocycles. The number of ether oxygens (including phenoxy) is 1. The van der Waals surface area contributed by atoms with Gasteiger partial charge in [0.15, 0.2) is 6.61 Å². The minimum atomic E-state index is -0.593. The zero-order valence-electron chi connectivity index (χ0n) is 12.8. The molecule has 0 aliphatic rings. The smallest absolute Gasteiger partial charge is 0.357 e. The molecular weight excluding hydrogens is 280 g/mol. The summed E-state index contributed by atoms with van der Waals surface area (Å²) in [5, 5.41) is 3.73. The number of para-hydroxylation sites is 1. The Kier molecular flexibility index (Phi) is 5.47. The van der Waals surface area contributed by atoms with Gasteiger partial charge in [0.05, 0.1) is 5.52 Å². The number of esters is 1. The fraction of sp³-hybridized carbons (Fsp3) is 0.353. The molecule has 0 aliphatic heterocycles. The number of benzene rings is 1. The maximum absolute atomic E-state index is 11.9. The number of pyridine rings is 1. The van der Waals surface area contributed by atoms with E-state index < -0.39 is 5.97 Å². The third kappa shape index (κ3) is 4.28. The number of nitrogens with zero attached hydrogens (tertiary/aromatic N) is 1. The molecule has 0 spiro atoms. The molecule has 0 bridgehead atoms. The highest BCUT2D eigenvalue weighted by molar-refractivity contribution is 5.92. The van der Waals surface area contributed by atoms with Crippen LogP contribution in [-0.2, 0) is 9.53 Å². The van der Waals surface area contributed by atoms with Gasteiger partial charge in [-0.2, -0.15) is 0 Å². The van der Waals surface area contributed by atoms with Gasteiger partial charge in [0.1, 0.15) is 5.69 Å². The van der Waals surface area contributed by atoms with E-state index in [0.29, 0.717) is 0 Å². The summed E-state index contributed by atoms with van der Waals surface area (Å²) in [5.74, 6) is -0.890. The third-order valence-corrected chi connectivity index (χ3v) is 3.27. The fourth-order valence-corrected chi connectivity index (χ4v) is 2.21. The Hall–Kier alpha value is -2.43. The number of carbonyl (C=O) groups excluding carboxylic acids is 2. The first-order valence-electron chi connectivity index (χ1n) is 7.42. The second-order valence-corrected chi connectivity index (χ2v) is 5.22. The number of carbonyl (C=O) groups is 2. The van der Waals surface area contributed by atoms with Crippen LogP contribution >= 0.6 is 0 Å². The van der Waals surface area contributed by atoms with Crippen molar-refractivity contribution < 1.29 is 14.3 Å². The van der Waals surface area contributed by atoms with E-state index in [4.69, 9.17) is 4.74 Å². The molecule has 0 fully saturated rings. The van der Waals surface area contributed by atoms with Crippen LogP contribution in [0.1, 0.15) is 37.2 Å². The molecule has 1 aromatic heterocycles. The minimum Gasteiger partial charge on any atom is -0.451 e. The average molecular weight is 300 g/mol. The Balaban J connectivity index is 1.92. The van der Waals surface area contributed by atoms with Gasteiger partial charge in [-0.25, -0.2) is 9.78 Å². The van der Waals surface area contributed by atoms with Gasteiger partial charge in [-0.3, -0.25) is 4.79 Å². The molecule has 1 N–H and O–H groups in total. The Morgan fingerprint density at radius 1 is 1.23 bits per heavy atom. The number of nitrogens with one attached hydrogen (secondary N) is 1. The topological polar surface area (TPSA) is 68.3 Å². The summed E-state index contributed by atoms with van der Waals surface area (Å²) in [6.45, 7) is 3.68. The van der Waals surface area contributed by atoms with Gasteiger partial charge in [0.25, 0.3) is 5.91 Å². The second kappa shape index (κ2) is 7.54. The highest BCUT2D eigenvalue weighted by atomic mass is 16.5. The summed E-state index contributed by atoms with van der Waals surface area (Å²) in [4.78, 5) is 27.8. The molecular formula is C17H20N2O3. The zero-order chi connectivity index (χ0) is 15.9. The molecule has 5 heteroatoms. The number of hydrogen-bond acceptors (Lipinski definition) is 4. The molecule has 2 aromatic rings. The molecule has 1 aromatic carbocycles. The zero-order valence-corrected chi connectivity index (χ0v) is 12.8. The maximum Gasteiger partial charge on any atom is 0.357 e. The van der Waals surface area contributed by atoms with Gasteiger partial charge in [0.2, 0.25) is 0 Å². The van der Waals surface area contributed by atoms with Crippen LogP contribution in [0.2, 0.25) is 0 Å². The summed E-state index contributed by atoms with van der Waals surface area (Å²) in [5.41, 5.74) is 0.922. The van der Waals surface area contributed by atoms with Gasteiger partial charge < -0.3 is 10.1 Å². The molecule has 116 valence electrons. The van der Waals surface area contributed by atoms with Gasteiger partial charge in [-0.1, -0.05) is 37.6 Å². The first-order chi connectivity index (χ1) is 10.6. The summed E-state index contributed by atoms with van der Waals surface area (Å²) in [6, 6.07) is 11.0. The molecule has 22 heavy (non-hydrogen) atoms. The SMILES string of the molecule is CCC[C@@H](C)NC(=O)COC(=O)c1ccc2ccccc2n1. The van der Waals surface area contributed by atoms with Crippen LogP contribution in [0.4, 0.5) is 0 Å². The van der Waals surface area contributed by atoms with Crippen LogP contribution in [0.3, 0.4) is 0 Å². The van der Waals surface area contributed by atoms with Crippen molar-refractivity contribution in [3.63, 3.8) is 0 Å². The van der Waals surface area contributed by atoms with Gasteiger partial charge in [0, 0.05) is 11.4 Å². The summed E-state index contributed by atoms with van der Waals surface area (Å²) in [7, 11) is 0. The molecule has 0 unspecified atom stereocenters. The van der Waals surface area contributed by atoms with Crippen LogP contribution in [-0.4, -0.2) is 29.5 Å². The Bertz CT molecular complexity index is 670. The van der Waals surface area contributed by atoms with Crippen LogP contribution < -0.4 is 5.32 Å². The van der Waals surface area contributed by atoms with Gasteiger partial charge in [-0.15, -0.1) is 0 Å². The van der Waals surface area contributed by atoms with E-state index in [-0.39, 0.29) is 24.2 Å². The highest BCUT2D eigenvalue weighted by Gasteiger charge is 2.13. The van der Waals surface area contributed by atoms with E-state index in [1.54, 1.807) is 6.07 Å². The number of rotatable bonds is 6. The van der Waals surface area contributed by atoms with Crippen molar-refractivity contribution in [2.75, 3.05) is 6.61 Å². The average Bonchev–Trinajstić information content (AvgIpc) is 2.52. The van der Waals surface area contributed by atoms with E-state index in [1.165, 1.54) is 0 Å². The van der Waals surface area contributed by atoms with Crippen molar-refractivity contribution in [2.24, 2.45) is 0 Å². The largest absolute Gasteiger partial charge is 0.451 e. The van der Waals surface area contributed by atoms with E-state index in [9.17, 15) is 9.59 Å². The van der Waals surface area contributed by atoms with E-state index in [0.717, 1.165) is 23.7 Å². The van der Waals surface area contributed by atoms with Crippen molar-refractivity contribution in [1.29, 1.82) is 0 Å². The lowest BCUT2D eigenvalue weighted by Gasteiger charge is -2.12. The van der Waals surface area contributed by atoms with Crippen molar-refractivity contribution in [3.8, 4) is 0 Å². The lowest BCUT2D eigenvalue weighted by molar-refractivity contribution is -0.124. The number of aromatic nitrogens is 1. The van der Waals surface area contributed by atoms with E-state index >= 15 is 0 Å². The van der Waals surface area contributed by atoms with E-state index in [2.05, 4.69) is 10.3 Å². The number of fused-ring (bicyclic) bond motifs is 1.